The smallest absolute Gasteiger partial charge is 0.337 e. The molecule has 1 aromatic rings. The lowest BCUT2D eigenvalue weighted by Crippen LogP contribution is -2.44. The normalized spacial score (nSPS) is 10.7. The van der Waals surface area contributed by atoms with Gasteiger partial charge in [0.05, 0.1) is 12.7 Å². The van der Waals surface area contributed by atoms with Gasteiger partial charge in [0.25, 0.3) is 0 Å². The van der Waals surface area contributed by atoms with E-state index in [-0.39, 0.29) is 11.5 Å². The van der Waals surface area contributed by atoms with E-state index in [0.29, 0.717) is 10.7 Å². The van der Waals surface area contributed by atoms with Crippen molar-refractivity contribution < 1.29 is 9.53 Å². The molecule has 0 saturated heterocycles. The number of hydrogen-bond acceptors (Lipinski definition) is 3. The molecule has 0 aromatic heterocycles. The number of nitrogens with one attached hydrogen (secondary N) is 2. The van der Waals surface area contributed by atoms with Crippen LogP contribution in [0.25, 0.3) is 0 Å². The highest BCUT2D eigenvalue weighted by Crippen LogP contribution is 2.13. The first kappa shape index (κ1) is 15.4. The second kappa shape index (κ2) is 6.52. The lowest BCUT2D eigenvalue weighted by molar-refractivity contribution is 0.0601. The van der Waals surface area contributed by atoms with E-state index in [0.717, 1.165) is 12.1 Å². The largest absolute Gasteiger partial charge is 0.465 e. The second-order valence-corrected chi connectivity index (χ2v) is 5.30. The minimum atomic E-state index is -0.364. The Morgan fingerprint density at radius 3 is 2.68 bits per heavy atom. The van der Waals surface area contributed by atoms with Crippen LogP contribution in [0.3, 0.4) is 0 Å². The van der Waals surface area contributed by atoms with Crippen LogP contribution in [-0.4, -0.2) is 23.7 Å². The number of esters is 1. The van der Waals surface area contributed by atoms with Crippen molar-refractivity contribution in [2.24, 2.45) is 0 Å². The molecule has 1 rings (SSSR count). The molecular weight excluding hydrogens is 260 g/mol. The summed E-state index contributed by atoms with van der Waals surface area (Å²) in [6.45, 7) is 6.24. The Kier molecular flexibility index (Phi) is 5.30. The van der Waals surface area contributed by atoms with Gasteiger partial charge < -0.3 is 15.4 Å². The van der Waals surface area contributed by atoms with E-state index in [4.69, 9.17) is 12.2 Å². The van der Waals surface area contributed by atoms with Crippen molar-refractivity contribution in [1.82, 2.24) is 5.32 Å². The van der Waals surface area contributed by atoms with Crippen molar-refractivity contribution in [2.45, 2.75) is 32.7 Å². The molecule has 0 aliphatic carbocycles. The number of benzene rings is 1. The van der Waals surface area contributed by atoms with Crippen LogP contribution in [0, 0.1) is 0 Å². The van der Waals surface area contributed by atoms with Crippen molar-refractivity contribution in [3.63, 3.8) is 0 Å². The number of carbonyl (C=O) groups is 1. The SMILES string of the molecule is CCC(C)(C)NC(=S)Nc1cccc(C(=O)OC)c1. The molecule has 0 aliphatic rings. The van der Waals surface area contributed by atoms with Gasteiger partial charge in [-0.2, -0.15) is 0 Å². The van der Waals surface area contributed by atoms with Crippen molar-refractivity contribution in [2.75, 3.05) is 12.4 Å². The molecule has 0 saturated carbocycles. The molecule has 0 bridgehead atoms. The van der Waals surface area contributed by atoms with E-state index in [1.807, 2.05) is 6.07 Å². The highest BCUT2D eigenvalue weighted by atomic mass is 32.1. The predicted molar refractivity (Wildman–Crippen MR) is 81.5 cm³/mol. The summed E-state index contributed by atoms with van der Waals surface area (Å²) in [4.78, 5) is 11.4. The number of thiocarbonyl (C=S) groups is 1. The van der Waals surface area contributed by atoms with Crippen molar-refractivity contribution in [1.29, 1.82) is 0 Å². The Labute approximate surface area is 119 Å². The van der Waals surface area contributed by atoms with Crippen LogP contribution in [-0.2, 0) is 4.74 Å². The Balaban J connectivity index is 2.72. The third kappa shape index (κ3) is 4.87. The van der Waals surface area contributed by atoms with Crippen molar-refractivity contribution in [3.8, 4) is 0 Å². The van der Waals surface area contributed by atoms with Gasteiger partial charge >= 0.3 is 5.97 Å². The molecular formula is C14H20N2O2S. The maximum Gasteiger partial charge on any atom is 0.337 e. The quantitative estimate of drug-likeness (QED) is 0.656. The molecule has 0 spiro atoms. The fraction of sp³-hybridized carbons (Fsp3) is 0.429. The zero-order valence-corrected chi connectivity index (χ0v) is 12.6. The van der Waals surface area contributed by atoms with Gasteiger partial charge in [0.15, 0.2) is 5.11 Å². The molecule has 0 atom stereocenters. The summed E-state index contributed by atoms with van der Waals surface area (Å²) in [7, 11) is 1.36. The Hall–Kier alpha value is -1.62. The summed E-state index contributed by atoms with van der Waals surface area (Å²) < 4.78 is 4.68. The molecule has 0 unspecified atom stereocenters. The van der Waals surface area contributed by atoms with E-state index in [1.54, 1.807) is 18.2 Å². The summed E-state index contributed by atoms with van der Waals surface area (Å²) in [5.74, 6) is -0.364. The molecule has 0 fully saturated rings. The van der Waals surface area contributed by atoms with Gasteiger partial charge in [-0.15, -0.1) is 0 Å². The predicted octanol–water partition coefficient (Wildman–Crippen LogP) is 2.95. The highest BCUT2D eigenvalue weighted by molar-refractivity contribution is 7.80. The topological polar surface area (TPSA) is 50.4 Å². The van der Waals surface area contributed by atoms with Crippen LogP contribution in [0.4, 0.5) is 5.69 Å². The number of hydrogen-bond donors (Lipinski definition) is 2. The molecule has 19 heavy (non-hydrogen) atoms. The lowest BCUT2D eigenvalue weighted by Gasteiger charge is -2.26. The molecule has 0 amide bonds. The van der Waals surface area contributed by atoms with E-state index in [9.17, 15) is 4.79 Å². The van der Waals surface area contributed by atoms with Gasteiger partial charge in [-0.3, -0.25) is 0 Å². The van der Waals surface area contributed by atoms with Gasteiger partial charge in [-0.1, -0.05) is 13.0 Å². The van der Waals surface area contributed by atoms with Crippen LogP contribution in [0.5, 0.6) is 0 Å². The minimum Gasteiger partial charge on any atom is -0.465 e. The summed E-state index contributed by atoms with van der Waals surface area (Å²) >= 11 is 5.25. The minimum absolute atomic E-state index is 0.0654. The molecule has 5 heteroatoms. The van der Waals surface area contributed by atoms with Gasteiger partial charge in [0.1, 0.15) is 0 Å². The first-order chi connectivity index (χ1) is 8.88. The summed E-state index contributed by atoms with van der Waals surface area (Å²) in [5.41, 5.74) is 1.18. The van der Waals surface area contributed by atoms with Crippen LogP contribution >= 0.6 is 12.2 Å². The summed E-state index contributed by atoms with van der Waals surface area (Å²) in [6.07, 6.45) is 0.955. The summed E-state index contributed by atoms with van der Waals surface area (Å²) in [5, 5.41) is 6.82. The van der Waals surface area contributed by atoms with E-state index < -0.39 is 0 Å². The third-order valence-electron chi connectivity index (χ3n) is 2.88. The van der Waals surface area contributed by atoms with Crippen LogP contribution < -0.4 is 10.6 Å². The molecule has 0 radical (unpaired) electrons. The molecule has 0 aliphatic heterocycles. The van der Waals surface area contributed by atoms with Gasteiger partial charge in [-0.25, -0.2) is 4.79 Å². The average molecular weight is 280 g/mol. The van der Waals surface area contributed by atoms with Crippen LogP contribution in [0.2, 0.25) is 0 Å². The monoisotopic (exact) mass is 280 g/mol. The summed E-state index contributed by atoms with van der Waals surface area (Å²) in [6, 6.07) is 7.03. The molecule has 1 aromatic carbocycles. The van der Waals surface area contributed by atoms with Crippen LogP contribution in [0.1, 0.15) is 37.6 Å². The molecule has 104 valence electrons. The van der Waals surface area contributed by atoms with Gasteiger partial charge in [0.2, 0.25) is 0 Å². The fourth-order valence-corrected chi connectivity index (χ4v) is 1.79. The Morgan fingerprint density at radius 2 is 2.11 bits per heavy atom. The zero-order valence-electron chi connectivity index (χ0n) is 11.7. The highest BCUT2D eigenvalue weighted by Gasteiger charge is 2.15. The standard InChI is InChI=1S/C14H20N2O2S/c1-5-14(2,3)16-13(19)15-11-8-6-7-10(9-11)12(17)18-4/h6-9H,5H2,1-4H3,(H2,15,16,19). The number of rotatable bonds is 4. The lowest BCUT2D eigenvalue weighted by atomic mass is 10.0. The third-order valence-corrected chi connectivity index (χ3v) is 3.08. The van der Waals surface area contributed by atoms with Crippen LogP contribution in [0.15, 0.2) is 24.3 Å². The maximum absolute atomic E-state index is 11.4. The average Bonchev–Trinajstić information content (AvgIpc) is 2.37. The molecule has 2 N–H and O–H groups in total. The second-order valence-electron chi connectivity index (χ2n) is 4.89. The van der Waals surface area contributed by atoms with Gasteiger partial charge in [-0.05, 0) is 50.7 Å². The Morgan fingerprint density at radius 1 is 1.42 bits per heavy atom. The van der Waals surface area contributed by atoms with Crippen molar-refractivity contribution in [3.05, 3.63) is 29.8 Å². The fourth-order valence-electron chi connectivity index (χ4n) is 1.40. The first-order valence-electron chi connectivity index (χ1n) is 6.15. The molecule has 0 heterocycles. The van der Waals surface area contributed by atoms with E-state index >= 15 is 0 Å². The van der Waals surface area contributed by atoms with E-state index in [1.165, 1.54) is 7.11 Å². The Bertz CT molecular complexity index is 472. The first-order valence-corrected chi connectivity index (χ1v) is 6.56. The van der Waals surface area contributed by atoms with Gasteiger partial charge in [0, 0.05) is 11.2 Å². The number of carbonyl (C=O) groups excluding carboxylic acids is 1. The zero-order chi connectivity index (χ0) is 14.5. The number of anilines is 1. The van der Waals surface area contributed by atoms with Crippen molar-refractivity contribution >= 4 is 29.0 Å². The van der Waals surface area contributed by atoms with E-state index in [2.05, 4.69) is 36.1 Å². The number of ether oxygens (including phenoxy) is 1. The maximum atomic E-state index is 11.4. The number of methoxy groups -OCH3 is 1. The molecule has 4 nitrogen and oxygen atoms in total.